The van der Waals surface area contributed by atoms with Gasteiger partial charge in [-0.2, -0.15) is 0 Å². The van der Waals surface area contributed by atoms with E-state index in [0.29, 0.717) is 17.4 Å². The Morgan fingerprint density at radius 3 is 1.58 bits per heavy atom. The van der Waals surface area contributed by atoms with E-state index in [-0.39, 0.29) is 19.1 Å². The molecule has 0 aromatic rings. The molecule has 0 aliphatic heterocycles. The monoisotopic (exact) mass is 796 g/mol. The fourth-order valence-corrected chi connectivity index (χ4v) is 6.88. The number of carbonyl (C=O) groups excluding carboxylic acids is 1. The summed E-state index contributed by atoms with van der Waals surface area (Å²) in [4.78, 5) is 23.1. The number of hydrogen-bond acceptors (Lipinski definition) is 5. The SMILES string of the molecule is CCCCCC/C=C\C/C=C\CCCCCCCC(=O)NC(COP(=O)(O)OCC[N+](C)(C)C)C(O)/C=C/CC/C=C/CCCCCCCCCCCCC. The molecule has 0 saturated carbocycles. The molecule has 0 heterocycles. The number of hydrogen-bond donors (Lipinski definition) is 3. The molecule has 3 atom stereocenters. The van der Waals surface area contributed by atoms with Gasteiger partial charge in [-0.1, -0.05) is 165 Å². The van der Waals surface area contributed by atoms with Gasteiger partial charge in [0, 0.05) is 6.42 Å². The summed E-state index contributed by atoms with van der Waals surface area (Å²) in [6.45, 7) is 4.75. The molecule has 0 saturated heterocycles. The highest BCUT2D eigenvalue weighted by atomic mass is 31.2. The average Bonchev–Trinajstić information content (AvgIpc) is 3.13. The number of aliphatic hydroxyl groups excluding tert-OH is 1. The summed E-state index contributed by atoms with van der Waals surface area (Å²) in [5.74, 6) is -0.202. The number of rotatable bonds is 40. The Balaban J connectivity index is 4.51. The smallest absolute Gasteiger partial charge is 0.387 e. The molecule has 0 spiro atoms. The van der Waals surface area contributed by atoms with E-state index >= 15 is 0 Å². The second-order valence-electron chi connectivity index (χ2n) is 16.4. The van der Waals surface area contributed by atoms with Crippen molar-refractivity contribution in [3.05, 3.63) is 48.6 Å². The molecule has 0 aliphatic carbocycles. The van der Waals surface area contributed by atoms with Crippen LogP contribution in [-0.2, 0) is 18.4 Å². The van der Waals surface area contributed by atoms with Crippen molar-refractivity contribution in [2.75, 3.05) is 40.9 Å². The Bertz CT molecular complexity index is 1040. The second-order valence-corrected chi connectivity index (χ2v) is 17.9. The van der Waals surface area contributed by atoms with Crippen LogP contribution in [0.5, 0.6) is 0 Å². The van der Waals surface area contributed by atoms with Crippen molar-refractivity contribution in [1.29, 1.82) is 0 Å². The summed E-state index contributed by atoms with van der Waals surface area (Å²) >= 11 is 0. The van der Waals surface area contributed by atoms with Gasteiger partial charge >= 0.3 is 7.82 Å². The summed E-state index contributed by atoms with van der Waals surface area (Å²) < 4.78 is 23.5. The van der Waals surface area contributed by atoms with Crippen LogP contribution in [0.3, 0.4) is 0 Å². The zero-order valence-corrected chi connectivity index (χ0v) is 37.3. The molecule has 55 heavy (non-hydrogen) atoms. The van der Waals surface area contributed by atoms with Crippen molar-refractivity contribution in [2.45, 2.75) is 199 Å². The zero-order chi connectivity index (χ0) is 40.7. The second kappa shape index (κ2) is 38.0. The summed E-state index contributed by atoms with van der Waals surface area (Å²) in [6.07, 6.45) is 47.5. The lowest BCUT2D eigenvalue weighted by atomic mass is 10.1. The van der Waals surface area contributed by atoms with E-state index in [2.05, 4.69) is 55.6 Å². The quantitative estimate of drug-likeness (QED) is 0.0247. The molecular formula is C46H88N2O6P+. The van der Waals surface area contributed by atoms with E-state index in [1.807, 2.05) is 27.2 Å². The van der Waals surface area contributed by atoms with Crippen molar-refractivity contribution >= 4 is 13.7 Å². The molecule has 0 fully saturated rings. The molecular weight excluding hydrogens is 707 g/mol. The number of aliphatic hydroxyl groups is 1. The molecule has 0 aromatic heterocycles. The van der Waals surface area contributed by atoms with Crippen molar-refractivity contribution < 1.29 is 32.9 Å². The largest absolute Gasteiger partial charge is 0.472 e. The molecule has 0 rings (SSSR count). The van der Waals surface area contributed by atoms with Gasteiger partial charge in [-0.15, -0.1) is 0 Å². The van der Waals surface area contributed by atoms with Gasteiger partial charge in [-0.05, 0) is 64.2 Å². The Morgan fingerprint density at radius 1 is 0.618 bits per heavy atom. The predicted molar refractivity (Wildman–Crippen MR) is 235 cm³/mol. The Hall–Kier alpha value is -1.54. The first-order valence-electron chi connectivity index (χ1n) is 22.5. The number of carbonyl (C=O) groups is 1. The first kappa shape index (κ1) is 53.5. The van der Waals surface area contributed by atoms with E-state index < -0.39 is 20.0 Å². The topological polar surface area (TPSA) is 105 Å². The van der Waals surface area contributed by atoms with Crippen molar-refractivity contribution in [2.24, 2.45) is 0 Å². The minimum absolute atomic E-state index is 0.0520. The molecule has 1 amide bonds. The fourth-order valence-electron chi connectivity index (χ4n) is 6.14. The van der Waals surface area contributed by atoms with Gasteiger partial charge in [0.25, 0.3) is 0 Å². The maximum atomic E-state index is 12.9. The minimum Gasteiger partial charge on any atom is -0.387 e. The maximum absolute atomic E-state index is 12.9. The first-order valence-corrected chi connectivity index (χ1v) is 24.0. The van der Waals surface area contributed by atoms with E-state index in [4.69, 9.17) is 9.05 Å². The van der Waals surface area contributed by atoms with Crippen molar-refractivity contribution in [3.63, 3.8) is 0 Å². The molecule has 3 N–H and O–H groups in total. The van der Waals surface area contributed by atoms with Crippen LogP contribution in [0.2, 0.25) is 0 Å². The third kappa shape index (κ3) is 40.5. The third-order valence-electron chi connectivity index (χ3n) is 9.77. The number of allylic oxidation sites excluding steroid dienone is 7. The average molecular weight is 796 g/mol. The molecule has 0 bridgehead atoms. The molecule has 9 heteroatoms. The normalized spacial score (nSPS) is 14.8. The van der Waals surface area contributed by atoms with Crippen molar-refractivity contribution in [1.82, 2.24) is 5.32 Å². The van der Waals surface area contributed by atoms with Gasteiger partial charge < -0.3 is 19.8 Å². The van der Waals surface area contributed by atoms with E-state index in [1.54, 1.807) is 6.08 Å². The van der Waals surface area contributed by atoms with Crippen LogP contribution in [0.1, 0.15) is 187 Å². The van der Waals surface area contributed by atoms with Crippen LogP contribution in [0.25, 0.3) is 0 Å². The first-order chi connectivity index (χ1) is 26.5. The number of likely N-dealkylation sites (N-methyl/N-ethyl adjacent to an activating group) is 1. The van der Waals surface area contributed by atoms with Crippen molar-refractivity contribution in [3.8, 4) is 0 Å². The van der Waals surface area contributed by atoms with Crippen LogP contribution in [0, 0.1) is 0 Å². The van der Waals surface area contributed by atoms with Gasteiger partial charge in [-0.25, -0.2) is 4.57 Å². The Kier molecular flexibility index (Phi) is 36.9. The standard InChI is InChI=1S/C46H87N2O6P/c1-6-8-10-12-14-16-18-20-22-24-25-27-29-31-33-35-37-39-45(49)44(43-54-55(51,52)53-42-41-48(3,4)5)47-46(50)40-38-36-34-32-30-28-26-23-21-19-17-15-13-11-9-7-2/h17,19,23,26,29,31,37,39,44-45,49H,6-16,18,20-22,24-25,27-28,30,32-36,38,40-43H2,1-5H3,(H-,47,50,51,52)/p+1/b19-17-,26-23-,31-29+,39-37+. The lowest BCUT2D eigenvalue weighted by Gasteiger charge is -2.25. The highest BCUT2D eigenvalue weighted by Gasteiger charge is 2.27. The molecule has 0 aliphatic rings. The summed E-state index contributed by atoms with van der Waals surface area (Å²) in [5, 5.41) is 13.8. The van der Waals surface area contributed by atoms with E-state index in [9.17, 15) is 19.4 Å². The fraction of sp³-hybridized carbons (Fsp3) is 0.804. The van der Waals surface area contributed by atoms with Gasteiger partial charge in [0.15, 0.2) is 0 Å². The van der Waals surface area contributed by atoms with Crippen LogP contribution < -0.4 is 5.32 Å². The number of phosphoric ester groups is 1. The minimum atomic E-state index is -4.35. The number of unbranched alkanes of at least 4 members (excludes halogenated alkanes) is 21. The van der Waals surface area contributed by atoms with Gasteiger partial charge in [0.2, 0.25) is 5.91 Å². The van der Waals surface area contributed by atoms with Crippen LogP contribution >= 0.6 is 7.82 Å². The third-order valence-corrected chi connectivity index (χ3v) is 10.8. The number of nitrogens with one attached hydrogen (secondary N) is 1. The van der Waals surface area contributed by atoms with Crippen LogP contribution in [0.4, 0.5) is 0 Å². The molecule has 3 unspecified atom stereocenters. The lowest BCUT2D eigenvalue weighted by molar-refractivity contribution is -0.870. The van der Waals surface area contributed by atoms with Gasteiger partial charge in [0.1, 0.15) is 13.2 Å². The van der Waals surface area contributed by atoms with Gasteiger partial charge in [-0.3, -0.25) is 13.8 Å². The highest BCUT2D eigenvalue weighted by Crippen LogP contribution is 2.43. The molecule has 0 radical (unpaired) electrons. The summed E-state index contributed by atoms with van der Waals surface area (Å²) in [6, 6.07) is -0.870. The lowest BCUT2D eigenvalue weighted by Crippen LogP contribution is -2.45. The Labute approximate surface area is 339 Å². The van der Waals surface area contributed by atoms with E-state index in [0.717, 1.165) is 64.2 Å². The molecule has 0 aromatic carbocycles. The van der Waals surface area contributed by atoms with Crippen LogP contribution in [-0.4, -0.2) is 73.4 Å². The maximum Gasteiger partial charge on any atom is 0.472 e. The molecule has 322 valence electrons. The Morgan fingerprint density at radius 2 is 1.05 bits per heavy atom. The predicted octanol–water partition coefficient (Wildman–Crippen LogP) is 12.5. The summed E-state index contributed by atoms with van der Waals surface area (Å²) in [7, 11) is 1.54. The number of quaternary nitrogens is 1. The number of phosphoric acid groups is 1. The summed E-state index contributed by atoms with van der Waals surface area (Å²) in [5.41, 5.74) is 0. The van der Waals surface area contributed by atoms with Gasteiger partial charge in [0.05, 0.1) is 39.9 Å². The van der Waals surface area contributed by atoms with E-state index in [1.165, 1.54) is 103 Å². The molecule has 8 nitrogen and oxygen atoms in total. The number of nitrogens with zero attached hydrogens (tertiary/aromatic N) is 1. The highest BCUT2D eigenvalue weighted by molar-refractivity contribution is 7.47. The number of amides is 1. The zero-order valence-electron chi connectivity index (χ0n) is 36.4. The van der Waals surface area contributed by atoms with Crippen LogP contribution in [0.15, 0.2) is 48.6 Å².